The third kappa shape index (κ3) is 2.27. The molecule has 0 atom stereocenters. The quantitative estimate of drug-likeness (QED) is 0.918. The van der Waals surface area contributed by atoms with Crippen LogP contribution in [0.1, 0.15) is 19.6 Å². The van der Waals surface area contributed by atoms with Crippen LogP contribution in [0.2, 0.25) is 0 Å². The van der Waals surface area contributed by atoms with Crippen LogP contribution in [-0.4, -0.2) is 28.7 Å². The van der Waals surface area contributed by atoms with Crippen LogP contribution in [0, 0.1) is 5.92 Å². The number of furan rings is 1. The molecule has 0 aromatic carbocycles. The molecule has 1 saturated heterocycles. The Bertz CT molecular complexity index is 342. The zero-order chi connectivity index (χ0) is 11.1. The summed E-state index contributed by atoms with van der Waals surface area (Å²) in [5, 5.41) is 10.1. The molecule has 0 amide bonds. The highest BCUT2D eigenvalue weighted by Gasteiger charge is 2.43. The SMILES string of the molecule is CC(C)C1(O)CN(Cc2ccc(Br)o2)C1. The summed E-state index contributed by atoms with van der Waals surface area (Å²) < 4.78 is 6.17. The molecule has 0 bridgehead atoms. The summed E-state index contributed by atoms with van der Waals surface area (Å²) in [5.41, 5.74) is -0.496. The maximum atomic E-state index is 10.1. The van der Waals surface area contributed by atoms with E-state index in [0.717, 1.165) is 30.1 Å². The molecule has 2 rings (SSSR count). The van der Waals surface area contributed by atoms with Crippen molar-refractivity contribution in [1.82, 2.24) is 4.90 Å². The fraction of sp³-hybridized carbons (Fsp3) is 0.636. The van der Waals surface area contributed by atoms with Crippen molar-refractivity contribution in [2.45, 2.75) is 26.0 Å². The van der Waals surface area contributed by atoms with Gasteiger partial charge in [-0.2, -0.15) is 0 Å². The van der Waals surface area contributed by atoms with Gasteiger partial charge in [-0.15, -0.1) is 0 Å². The van der Waals surface area contributed by atoms with Gasteiger partial charge in [0.2, 0.25) is 0 Å². The summed E-state index contributed by atoms with van der Waals surface area (Å²) in [6.07, 6.45) is 0. The molecular weight excluding hydrogens is 258 g/mol. The van der Waals surface area contributed by atoms with Crippen molar-refractivity contribution in [3.63, 3.8) is 0 Å². The minimum atomic E-state index is -0.496. The van der Waals surface area contributed by atoms with Crippen LogP contribution in [-0.2, 0) is 6.54 Å². The average Bonchev–Trinajstić information content (AvgIpc) is 2.48. The van der Waals surface area contributed by atoms with E-state index in [4.69, 9.17) is 4.42 Å². The Balaban J connectivity index is 1.86. The third-order valence-electron chi connectivity index (χ3n) is 3.08. The first-order valence-electron chi connectivity index (χ1n) is 5.18. The number of hydrogen-bond acceptors (Lipinski definition) is 3. The monoisotopic (exact) mass is 273 g/mol. The smallest absolute Gasteiger partial charge is 0.169 e. The summed E-state index contributed by atoms with van der Waals surface area (Å²) in [5.74, 6) is 1.25. The number of halogens is 1. The second-order valence-corrected chi connectivity index (χ2v) is 5.39. The van der Waals surface area contributed by atoms with Crippen molar-refractivity contribution < 1.29 is 9.52 Å². The second-order valence-electron chi connectivity index (χ2n) is 4.61. The minimum Gasteiger partial charge on any atom is -0.453 e. The van der Waals surface area contributed by atoms with Crippen molar-refractivity contribution >= 4 is 15.9 Å². The number of hydrogen-bond donors (Lipinski definition) is 1. The van der Waals surface area contributed by atoms with Gasteiger partial charge in [0.1, 0.15) is 5.76 Å². The predicted octanol–water partition coefficient (Wildman–Crippen LogP) is 2.24. The molecule has 0 aliphatic carbocycles. The summed E-state index contributed by atoms with van der Waals surface area (Å²) in [6.45, 7) is 6.37. The number of rotatable bonds is 3. The highest BCUT2D eigenvalue weighted by Crippen LogP contribution is 2.30. The highest BCUT2D eigenvalue weighted by atomic mass is 79.9. The fourth-order valence-electron chi connectivity index (χ4n) is 1.86. The number of β-amino-alcohol motifs (C(OH)–C–C–N with tert-alkyl or cyclic N) is 1. The van der Waals surface area contributed by atoms with Gasteiger partial charge in [-0.3, -0.25) is 4.90 Å². The second kappa shape index (κ2) is 3.92. The van der Waals surface area contributed by atoms with Crippen LogP contribution in [0.3, 0.4) is 0 Å². The Labute approximate surface area is 98.2 Å². The van der Waals surface area contributed by atoms with E-state index in [9.17, 15) is 5.11 Å². The van der Waals surface area contributed by atoms with Gasteiger partial charge in [-0.05, 0) is 34.0 Å². The van der Waals surface area contributed by atoms with E-state index >= 15 is 0 Å². The van der Waals surface area contributed by atoms with Gasteiger partial charge >= 0.3 is 0 Å². The van der Waals surface area contributed by atoms with Gasteiger partial charge in [0.25, 0.3) is 0 Å². The highest BCUT2D eigenvalue weighted by molar-refractivity contribution is 9.10. The first kappa shape index (κ1) is 11.2. The molecule has 0 spiro atoms. The Morgan fingerprint density at radius 3 is 2.67 bits per heavy atom. The molecule has 3 nitrogen and oxygen atoms in total. The molecule has 0 radical (unpaired) electrons. The average molecular weight is 274 g/mol. The van der Waals surface area contributed by atoms with Gasteiger partial charge in [-0.25, -0.2) is 0 Å². The van der Waals surface area contributed by atoms with Gasteiger partial charge < -0.3 is 9.52 Å². The van der Waals surface area contributed by atoms with Crippen LogP contribution in [0.4, 0.5) is 0 Å². The lowest BCUT2D eigenvalue weighted by molar-refractivity contribution is -0.132. The van der Waals surface area contributed by atoms with Gasteiger partial charge in [0, 0.05) is 13.1 Å². The molecular formula is C11H16BrNO2. The Morgan fingerprint density at radius 2 is 2.20 bits per heavy atom. The maximum absolute atomic E-state index is 10.1. The first-order valence-corrected chi connectivity index (χ1v) is 5.98. The van der Waals surface area contributed by atoms with Crippen LogP contribution in [0.15, 0.2) is 21.2 Å². The molecule has 4 heteroatoms. The molecule has 1 fully saturated rings. The lowest BCUT2D eigenvalue weighted by Gasteiger charge is -2.48. The Morgan fingerprint density at radius 1 is 1.53 bits per heavy atom. The van der Waals surface area contributed by atoms with E-state index in [1.54, 1.807) is 0 Å². The molecule has 1 N–H and O–H groups in total. The largest absolute Gasteiger partial charge is 0.453 e. The van der Waals surface area contributed by atoms with Gasteiger partial charge in [0.15, 0.2) is 4.67 Å². The maximum Gasteiger partial charge on any atom is 0.169 e. The number of likely N-dealkylation sites (tertiary alicyclic amines) is 1. The lowest BCUT2D eigenvalue weighted by Crippen LogP contribution is -2.63. The lowest BCUT2D eigenvalue weighted by atomic mass is 9.83. The topological polar surface area (TPSA) is 36.6 Å². The van der Waals surface area contributed by atoms with Crippen LogP contribution in [0.5, 0.6) is 0 Å². The molecule has 1 aliphatic rings. The Kier molecular flexibility index (Phi) is 2.92. The molecule has 0 saturated carbocycles. The van der Waals surface area contributed by atoms with Gasteiger partial charge in [-0.1, -0.05) is 13.8 Å². The number of aliphatic hydroxyl groups is 1. The molecule has 15 heavy (non-hydrogen) atoms. The Hall–Kier alpha value is -0.320. The minimum absolute atomic E-state index is 0.317. The first-order chi connectivity index (χ1) is 6.99. The van der Waals surface area contributed by atoms with Crippen LogP contribution < -0.4 is 0 Å². The summed E-state index contributed by atoms with van der Waals surface area (Å²) in [7, 11) is 0. The zero-order valence-corrected chi connectivity index (χ0v) is 10.6. The van der Waals surface area contributed by atoms with Crippen molar-refractivity contribution in [1.29, 1.82) is 0 Å². The summed E-state index contributed by atoms with van der Waals surface area (Å²) >= 11 is 3.27. The molecule has 1 aromatic rings. The molecule has 84 valence electrons. The standard InChI is InChI=1S/C11H16BrNO2/c1-8(2)11(14)6-13(7-11)5-9-3-4-10(12)15-9/h3-4,8,14H,5-7H2,1-2H3. The van der Waals surface area contributed by atoms with Crippen molar-refractivity contribution in [2.24, 2.45) is 5.92 Å². The van der Waals surface area contributed by atoms with E-state index < -0.39 is 5.60 Å². The summed E-state index contributed by atoms with van der Waals surface area (Å²) in [4.78, 5) is 2.19. The van der Waals surface area contributed by atoms with Crippen molar-refractivity contribution in [3.05, 3.63) is 22.6 Å². The van der Waals surface area contributed by atoms with E-state index in [1.165, 1.54) is 0 Å². The number of nitrogens with zero attached hydrogens (tertiary/aromatic N) is 1. The molecule has 1 aliphatic heterocycles. The van der Waals surface area contributed by atoms with Crippen molar-refractivity contribution in [3.8, 4) is 0 Å². The molecule has 0 unspecified atom stereocenters. The van der Waals surface area contributed by atoms with Crippen LogP contribution in [0.25, 0.3) is 0 Å². The van der Waals surface area contributed by atoms with Crippen molar-refractivity contribution in [2.75, 3.05) is 13.1 Å². The molecule has 1 aromatic heterocycles. The zero-order valence-electron chi connectivity index (χ0n) is 9.03. The normalized spacial score (nSPS) is 20.6. The summed E-state index contributed by atoms with van der Waals surface area (Å²) in [6, 6.07) is 3.85. The van der Waals surface area contributed by atoms with Gasteiger partial charge in [0.05, 0.1) is 12.1 Å². The fourth-order valence-corrected chi connectivity index (χ4v) is 2.20. The van der Waals surface area contributed by atoms with E-state index in [-0.39, 0.29) is 0 Å². The molecule has 2 heterocycles. The van der Waals surface area contributed by atoms with Crippen LogP contribution >= 0.6 is 15.9 Å². The third-order valence-corrected chi connectivity index (χ3v) is 3.50. The van der Waals surface area contributed by atoms with E-state index in [0.29, 0.717) is 5.92 Å². The van der Waals surface area contributed by atoms with E-state index in [2.05, 4.69) is 34.7 Å². The predicted molar refractivity (Wildman–Crippen MR) is 61.5 cm³/mol. The van der Waals surface area contributed by atoms with E-state index in [1.807, 2.05) is 12.1 Å².